The van der Waals surface area contributed by atoms with Gasteiger partial charge in [-0.1, -0.05) is 22.0 Å². The molecular weight excluding hydrogens is 282 g/mol. The highest BCUT2D eigenvalue weighted by atomic mass is 79.9. The molecule has 1 aromatic rings. The van der Waals surface area contributed by atoms with Gasteiger partial charge < -0.3 is 10.1 Å². The quantitative estimate of drug-likeness (QED) is 0.910. The van der Waals surface area contributed by atoms with Crippen LogP contribution in [0.2, 0.25) is 0 Å². The molecule has 0 saturated carbocycles. The van der Waals surface area contributed by atoms with E-state index in [-0.39, 0.29) is 5.91 Å². The number of halogens is 1. The summed E-state index contributed by atoms with van der Waals surface area (Å²) in [4.78, 5) is 12.1. The average Bonchev–Trinajstić information content (AvgIpc) is 2.72. The maximum absolute atomic E-state index is 12.1. The Morgan fingerprint density at radius 1 is 1.53 bits per heavy atom. The highest BCUT2D eigenvalue weighted by Crippen LogP contribution is 2.27. The normalized spacial score (nSPS) is 23.7. The van der Waals surface area contributed by atoms with E-state index in [9.17, 15) is 4.79 Å². The summed E-state index contributed by atoms with van der Waals surface area (Å²) in [6.45, 7) is 4.52. The minimum Gasteiger partial charge on any atom is -0.365 e. The predicted molar refractivity (Wildman–Crippen MR) is 71.1 cm³/mol. The highest BCUT2D eigenvalue weighted by molar-refractivity contribution is 9.10. The third-order valence-corrected chi connectivity index (χ3v) is 3.98. The summed E-state index contributed by atoms with van der Waals surface area (Å²) in [6.07, 6.45) is 1.73. The van der Waals surface area contributed by atoms with Gasteiger partial charge in [0.25, 0.3) is 5.91 Å². The Hall–Kier alpha value is -0.870. The summed E-state index contributed by atoms with van der Waals surface area (Å²) in [6, 6.07) is 5.78. The maximum atomic E-state index is 12.1. The molecule has 1 aromatic carbocycles. The number of rotatable bonds is 2. The number of carbonyl (C=O) groups excluding carboxylic acids is 1. The summed E-state index contributed by atoms with van der Waals surface area (Å²) < 4.78 is 6.50. The van der Waals surface area contributed by atoms with Crippen LogP contribution in [0.5, 0.6) is 0 Å². The van der Waals surface area contributed by atoms with Gasteiger partial charge in [-0.15, -0.1) is 0 Å². The molecular formula is C13H16BrNO2. The Labute approximate surface area is 110 Å². The van der Waals surface area contributed by atoms with Gasteiger partial charge in [-0.05, 0) is 44.4 Å². The SMILES string of the molecule is Cc1ccc(NC(=O)C2(C)CCCO2)cc1Br. The van der Waals surface area contributed by atoms with Gasteiger partial charge in [0.15, 0.2) is 0 Å². The summed E-state index contributed by atoms with van der Waals surface area (Å²) in [5, 5.41) is 2.90. The Morgan fingerprint density at radius 2 is 2.29 bits per heavy atom. The van der Waals surface area contributed by atoms with E-state index in [1.807, 2.05) is 32.0 Å². The second kappa shape index (κ2) is 4.78. The minimum absolute atomic E-state index is 0.0641. The maximum Gasteiger partial charge on any atom is 0.256 e. The van der Waals surface area contributed by atoms with Gasteiger partial charge >= 0.3 is 0 Å². The zero-order valence-corrected chi connectivity index (χ0v) is 11.6. The van der Waals surface area contributed by atoms with Crippen LogP contribution in [0.15, 0.2) is 22.7 Å². The average molecular weight is 298 g/mol. The molecule has 17 heavy (non-hydrogen) atoms. The van der Waals surface area contributed by atoms with Crippen LogP contribution in [0.3, 0.4) is 0 Å². The first-order chi connectivity index (χ1) is 8.01. The molecule has 0 spiro atoms. The largest absolute Gasteiger partial charge is 0.365 e. The van der Waals surface area contributed by atoms with Crippen LogP contribution in [-0.4, -0.2) is 18.1 Å². The van der Waals surface area contributed by atoms with Crippen molar-refractivity contribution in [3.05, 3.63) is 28.2 Å². The van der Waals surface area contributed by atoms with Crippen molar-refractivity contribution < 1.29 is 9.53 Å². The van der Waals surface area contributed by atoms with Crippen LogP contribution >= 0.6 is 15.9 Å². The zero-order chi connectivity index (χ0) is 12.5. The molecule has 1 fully saturated rings. The Balaban J connectivity index is 2.10. The summed E-state index contributed by atoms with van der Waals surface area (Å²) >= 11 is 3.45. The van der Waals surface area contributed by atoms with Gasteiger partial charge in [0.2, 0.25) is 0 Å². The van der Waals surface area contributed by atoms with E-state index in [4.69, 9.17) is 4.74 Å². The van der Waals surface area contributed by atoms with Gasteiger partial charge in [0, 0.05) is 16.8 Å². The number of nitrogens with one attached hydrogen (secondary N) is 1. The lowest BCUT2D eigenvalue weighted by atomic mass is 10.0. The molecule has 1 aliphatic rings. The number of aryl methyl sites for hydroxylation is 1. The van der Waals surface area contributed by atoms with E-state index in [2.05, 4.69) is 21.2 Å². The first kappa shape index (κ1) is 12.6. The molecule has 1 heterocycles. The van der Waals surface area contributed by atoms with Crippen molar-refractivity contribution in [1.82, 2.24) is 0 Å². The van der Waals surface area contributed by atoms with Crippen molar-refractivity contribution in [3.63, 3.8) is 0 Å². The van der Waals surface area contributed by atoms with Crippen LogP contribution in [-0.2, 0) is 9.53 Å². The molecule has 2 rings (SSSR count). The molecule has 1 amide bonds. The van der Waals surface area contributed by atoms with Crippen molar-refractivity contribution in [2.45, 2.75) is 32.3 Å². The van der Waals surface area contributed by atoms with Crippen LogP contribution in [0, 0.1) is 6.92 Å². The highest BCUT2D eigenvalue weighted by Gasteiger charge is 2.37. The predicted octanol–water partition coefficient (Wildman–Crippen LogP) is 3.27. The third kappa shape index (κ3) is 2.69. The smallest absolute Gasteiger partial charge is 0.256 e. The molecule has 0 aromatic heterocycles. The standard InChI is InChI=1S/C13H16BrNO2/c1-9-4-5-10(8-11(9)14)15-12(16)13(2)6-3-7-17-13/h4-5,8H,3,6-7H2,1-2H3,(H,15,16). The van der Waals surface area contributed by atoms with E-state index in [0.29, 0.717) is 6.61 Å². The van der Waals surface area contributed by atoms with Gasteiger partial charge in [0.05, 0.1) is 0 Å². The Morgan fingerprint density at radius 3 is 2.88 bits per heavy atom. The fourth-order valence-electron chi connectivity index (χ4n) is 1.89. The van der Waals surface area contributed by atoms with E-state index >= 15 is 0 Å². The van der Waals surface area contributed by atoms with E-state index in [1.165, 1.54) is 0 Å². The Kier molecular flexibility index (Phi) is 3.54. The van der Waals surface area contributed by atoms with Gasteiger partial charge in [0.1, 0.15) is 5.60 Å². The monoisotopic (exact) mass is 297 g/mol. The van der Waals surface area contributed by atoms with Crippen molar-refractivity contribution in [1.29, 1.82) is 0 Å². The van der Waals surface area contributed by atoms with Crippen LogP contribution in [0.4, 0.5) is 5.69 Å². The summed E-state index contributed by atoms with van der Waals surface area (Å²) in [5.41, 5.74) is 1.27. The number of carbonyl (C=O) groups is 1. The number of anilines is 1. The molecule has 0 bridgehead atoms. The van der Waals surface area contributed by atoms with Crippen molar-refractivity contribution in [2.75, 3.05) is 11.9 Å². The van der Waals surface area contributed by atoms with E-state index in [0.717, 1.165) is 28.6 Å². The fraction of sp³-hybridized carbons (Fsp3) is 0.462. The van der Waals surface area contributed by atoms with E-state index in [1.54, 1.807) is 0 Å². The van der Waals surface area contributed by atoms with Crippen LogP contribution < -0.4 is 5.32 Å². The van der Waals surface area contributed by atoms with Crippen LogP contribution in [0.1, 0.15) is 25.3 Å². The molecule has 3 nitrogen and oxygen atoms in total. The Bertz CT molecular complexity index is 439. The van der Waals surface area contributed by atoms with Crippen molar-refractivity contribution in [2.24, 2.45) is 0 Å². The second-order valence-corrected chi connectivity index (χ2v) is 5.46. The first-order valence-electron chi connectivity index (χ1n) is 5.73. The molecule has 4 heteroatoms. The summed E-state index contributed by atoms with van der Waals surface area (Å²) in [7, 11) is 0. The number of hydrogen-bond donors (Lipinski definition) is 1. The molecule has 1 unspecified atom stereocenters. The lowest BCUT2D eigenvalue weighted by molar-refractivity contribution is -0.133. The van der Waals surface area contributed by atoms with Crippen molar-refractivity contribution in [3.8, 4) is 0 Å². The number of benzene rings is 1. The topological polar surface area (TPSA) is 38.3 Å². The molecule has 0 radical (unpaired) electrons. The molecule has 0 aliphatic carbocycles. The number of hydrogen-bond acceptors (Lipinski definition) is 2. The van der Waals surface area contributed by atoms with Crippen LogP contribution in [0.25, 0.3) is 0 Å². The third-order valence-electron chi connectivity index (χ3n) is 3.13. The minimum atomic E-state index is -0.669. The first-order valence-corrected chi connectivity index (χ1v) is 6.52. The van der Waals surface area contributed by atoms with Crippen molar-refractivity contribution >= 4 is 27.5 Å². The lowest BCUT2D eigenvalue weighted by Crippen LogP contribution is -2.39. The molecule has 1 saturated heterocycles. The number of amides is 1. The molecule has 1 N–H and O–H groups in total. The molecule has 1 aliphatic heterocycles. The number of ether oxygens (including phenoxy) is 1. The summed E-state index contributed by atoms with van der Waals surface area (Å²) in [5.74, 6) is -0.0641. The van der Waals surface area contributed by atoms with E-state index < -0.39 is 5.60 Å². The lowest BCUT2D eigenvalue weighted by Gasteiger charge is -2.22. The second-order valence-electron chi connectivity index (χ2n) is 4.60. The van der Waals surface area contributed by atoms with Gasteiger partial charge in [-0.2, -0.15) is 0 Å². The van der Waals surface area contributed by atoms with Gasteiger partial charge in [-0.25, -0.2) is 0 Å². The molecule has 92 valence electrons. The zero-order valence-electron chi connectivity index (χ0n) is 10.0. The fourth-order valence-corrected chi connectivity index (χ4v) is 2.27. The molecule has 1 atom stereocenters. The van der Waals surface area contributed by atoms with Gasteiger partial charge in [-0.3, -0.25) is 4.79 Å².